The Labute approximate surface area is 116 Å². The number of aromatic hydroxyl groups is 1. The van der Waals surface area contributed by atoms with Crippen molar-refractivity contribution in [2.24, 2.45) is 0 Å². The SMILES string of the molecule is COc1ccc2c(c1)Cc1cc3cc(O)ccc3nc1-2. The summed E-state index contributed by atoms with van der Waals surface area (Å²) in [5.74, 6) is 1.15. The molecule has 1 N–H and O–H groups in total. The van der Waals surface area contributed by atoms with Gasteiger partial charge in [0.1, 0.15) is 11.5 Å². The lowest BCUT2D eigenvalue weighted by atomic mass is 10.1. The number of aromatic nitrogens is 1. The molecule has 0 unspecified atom stereocenters. The fourth-order valence-corrected chi connectivity index (χ4v) is 2.86. The van der Waals surface area contributed by atoms with E-state index in [2.05, 4.69) is 18.2 Å². The van der Waals surface area contributed by atoms with E-state index in [0.29, 0.717) is 0 Å². The molecule has 20 heavy (non-hydrogen) atoms. The Hall–Kier alpha value is -2.55. The van der Waals surface area contributed by atoms with Crippen molar-refractivity contribution >= 4 is 10.9 Å². The van der Waals surface area contributed by atoms with Crippen LogP contribution in [-0.4, -0.2) is 17.2 Å². The van der Waals surface area contributed by atoms with Crippen LogP contribution in [0.5, 0.6) is 11.5 Å². The van der Waals surface area contributed by atoms with Gasteiger partial charge in [-0.2, -0.15) is 0 Å². The maximum Gasteiger partial charge on any atom is 0.119 e. The Morgan fingerprint density at radius 3 is 2.80 bits per heavy atom. The molecule has 3 nitrogen and oxygen atoms in total. The Balaban J connectivity index is 1.94. The summed E-state index contributed by atoms with van der Waals surface area (Å²) < 4.78 is 5.28. The number of ether oxygens (including phenoxy) is 1. The van der Waals surface area contributed by atoms with E-state index >= 15 is 0 Å². The minimum atomic E-state index is 0.274. The van der Waals surface area contributed by atoms with Gasteiger partial charge in [-0.3, -0.25) is 0 Å². The molecule has 2 aromatic carbocycles. The van der Waals surface area contributed by atoms with Crippen LogP contribution in [0.1, 0.15) is 11.1 Å². The first-order valence-electron chi connectivity index (χ1n) is 6.54. The van der Waals surface area contributed by atoms with E-state index in [-0.39, 0.29) is 5.75 Å². The van der Waals surface area contributed by atoms with Crippen LogP contribution in [0.15, 0.2) is 42.5 Å². The number of nitrogens with zero attached hydrogens (tertiary/aromatic N) is 1. The first-order chi connectivity index (χ1) is 9.74. The maximum atomic E-state index is 9.58. The molecule has 0 radical (unpaired) electrons. The molecule has 0 saturated heterocycles. The molecule has 0 bridgehead atoms. The molecule has 0 saturated carbocycles. The number of hydrogen-bond acceptors (Lipinski definition) is 3. The number of methoxy groups -OCH3 is 1. The van der Waals surface area contributed by atoms with Crippen LogP contribution in [0.3, 0.4) is 0 Å². The molecule has 1 aliphatic rings. The van der Waals surface area contributed by atoms with Gasteiger partial charge in [0.25, 0.3) is 0 Å². The number of phenols is 1. The molecule has 0 spiro atoms. The number of pyridine rings is 1. The summed E-state index contributed by atoms with van der Waals surface area (Å²) in [5.41, 5.74) is 5.57. The first kappa shape index (κ1) is 11.3. The lowest BCUT2D eigenvalue weighted by Gasteiger charge is -2.04. The van der Waals surface area contributed by atoms with E-state index in [1.165, 1.54) is 16.7 Å². The second kappa shape index (κ2) is 3.97. The summed E-state index contributed by atoms with van der Waals surface area (Å²) in [6, 6.07) is 13.5. The second-order valence-corrected chi connectivity index (χ2v) is 5.07. The van der Waals surface area contributed by atoms with Gasteiger partial charge >= 0.3 is 0 Å². The van der Waals surface area contributed by atoms with Crippen LogP contribution in [0.25, 0.3) is 22.2 Å². The van der Waals surface area contributed by atoms with Gasteiger partial charge in [0.15, 0.2) is 0 Å². The molecule has 1 heterocycles. The first-order valence-corrected chi connectivity index (χ1v) is 6.54. The zero-order valence-corrected chi connectivity index (χ0v) is 11.1. The van der Waals surface area contributed by atoms with Gasteiger partial charge in [0.2, 0.25) is 0 Å². The Kier molecular flexibility index (Phi) is 2.24. The van der Waals surface area contributed by atoms with Crippen LogP contribution < -0.4 is 4.74 Å². The van der Waals surface area contributed by atoms with Crippen molar-refractivity contribution in [2.45, 2.75) is 6.42 Å². The molecule has 0 fully saturated rings. The smallest absolute Gasteiger partial charge is 0.119 e. The quantitative estimate of drug-likeness (QED) is 0.571. The average Bonchev–Trinajstić information content (AvgIpc) is 2.81. The molecule has 4 rings (SSSR count). The number of benzene rings is 2. The highest BCUT2D eigenvalue weighted by Gasteiger charge is 2.21. The molecular formula is C17H13NO2. The molecule has 3 aromatic rings. The lowest BCUT2D eigenvalue weighted by molar-refractivity contribution is 0.414. The predicted molar refractivity (Wildman–Crippen MR) is 78.2 cm³/mol. The summed E-state index contributed by atoms with van der Waals surface area (Å²) >= 11 is 0. The van der Waals surface area contributed by atoms with E-state index in [1.807, 2.05) is 12.1 Å². The zero-order valence-electron chi connectivity index (χ0n) is 11.1. The summed E-state index contributed by atoms with van der Waals surface area (Å²) in [4.78, 5) is 4.74. The van der Waals surface area contributed by atoms with Gasteiger partial charge < -0.3 is 9.84 Å². The van der Waals surface area contributed by atoms with Crippen LogP contribution in [0.4, 0.5) is 0 Å². The summed E-state index contributed by atoms with van der Waals surface area (Å²) in [6.45, 7) is 0. The van der Waals surface area contributed by atoms with Crippen molar-refractivity contribution in [3.63, 3.8) is 0 Å². The minimum Gasteiger partial charge on any atom is -0.508 e. The van der Waals surface area contributed by atoms with E-state index in [1.54, 1.807) is 19.2 Å². The predicted octanol–water partition coefficient (Wildman–Crippen LogP) is 3.52. The van der Waals surface area contributed by atoms with Gasteiger partial charge in [-0.15, -0.1) is 0 Å². The fraction of sp³-hybridized carbons (Fsp3) is 0.118. The normalized spacial score (nSPS) is 12.2. The maximum absolute atomic E-state index is 9.58. The van der Waals surface area contributed by atoms with Crippen molar-refractivity contribution < 1.29 is 9.84 Å². The van der Waals surface area contributed by atoms with E-state index in [4.69, 9.17) is 9.72 Å². The van der Waals surface area contributed by atoms with E-state index < -0.39 is 0 Å². The largest absolute Gasteiger partial charge is 0.508 e. The minimum absolute atomic E-state index is 0.274. The number of rotatable bonds is 1. The molecular weight excluding hydrogens is 250 g/mol. The number of hydrogen-bond donors (Lipinski definition) is 1. The lowest BCUT2D eigenvalue weighted by Crippen LogP contribution is -1.87. The second-order valence-electron chi connectivity index (χ2n) is 5.07. The topological polar surface area (TPSA) is 42.4 Å². The van der Waals surface area contributed by atoms with Crippen molar-refractivity contribution in [3.05, 3.63) is 53.6 Å². The van der Waals surface area contributed by atoms with Crippen molar-refractivity contribution in [2.75, 3.05) is 7.11 Å². The third-order valence-corrected chi connectivity index (χ3v) is 3.83. The average molecular weight is 263 g/mol. The van der Waals surface area contributed by atoms with Gasteiger partial charge in [-0.25, -0.2) is 4.98 Å². The summed E-state index contributed by atoms with van der Waals surface area (Å²) in [7, 11) is 1.68. The Morgan fingerprint density at radius 2 is 1.95 bits per heavy atom. The highest BCUT2D eigenvalue weighted by Crippen LogP contribution is 2.38. The third-order valence-electron chi connectivity index (χ3n) is 3.83. The van der Waals surface area contributed by atoms with Crippen LogP contribution in [-0.2, 0) is 6.42 Å². The summed E-state index contributed by atoms with van der Waals surface area (Å²) in [5, 5.41) is 10.6. The Morgan fingerprint density at radius 1 is 1.05 bits per heavy atom. The van der Waals surface area contributed by atoms with Gasteiger partial charge in [0, 0.05) is 17.4 Å². The molecule has 3 heteroatoms. The third kappa shape index (κ3) is 1.56. The van der Waals surface area contributed by atoms with Crippen molar-refractivity contribution in [3.8, 4) is 22.8 Å². The molecule has 1 aliphatic carbocycles. The highest BCUT2D eigenvalue weighted by molar-refractivity contribution is 5.87. The van der Waals surface area contributed by atoms with Crippen LogP contribution >= 0.6 is 0 Å². The standard InChI is InChI=1S/C17H13NO2/c1-20-14-3-4-15-10(9-14)6-12-7-11-8-13(19)2-5-16(11)18-17(12)15/h2-5,7-9,19H,6H2,1H3. The van der Waals surface area contributed by atoms with Gasteiger partial charge in [-0.1, -0.05) is 0 Å². The Bertz CT molecular complexity index is 840. The molecule has 0 aliphatic heterocycles. The highest BCUT2D eigenvalue weighted by atomic mass is 16.5. The monoisotopic (exact) mass is 263 g/mol. The van der Waals surface area contributed by atoms with Crippen LogP contribution in [0, 0.1) is 0 Å². The van der Waals surface area contributed by atoms with Crippen LogP contribution in [0.2, 0.25) is 0 Å². The van der Waals surface area contributed by atoms with E-state index in [9.17, 15) is 5.11 Å². The number of phenolic OH excluding ortho intramolecular Hbond substituents is 1. The van der Waals surface area contributed by atoms with Crippen molar-refractivity contribution in [1.29, 1.82) is 0 Å². The fourth-order valence-electron chi connectivity index (χ4n) is 2.86. The molecule has 0 amide bonds. The molecule has 0 atom stereocenters. The van der Waals surface area contributed by atoms with E-state index in [0.717, 1.165) is 28.8 Å². The molecule has 1 aromatic heterocycles. The number of fused-ring (bicyclic) bond motifs is 4. The molecule has 98 valence electrons. The van der Waals surface area contributed by atoms with Gasteiger partial charge in [-0.05, 0) is 53.6 Å². The summed E-state index contributed by atoms with van der Waals surface area (Å²) in [6.07, 6.45) is 0.862. The van der Waals surface area contributed by atoms with Crippen molar-refractivity contribution in [1.82, 2.24) is 4.98 Å². The van der Waals surface area contributed by atoms with Gasteiger partial charge in [0.05, 0.1) is 18.3 Å². The zero-order chi connectivity index (χ0) is 13.7.